The SMILES string of the molecule is O=C(Nc1ccc(S(=O)(=O)N2CCCCC2)cc1)c1ccc(Br)o1. The van der Waals surface area contributed by atoms with Crippen molar-refractivity contribution in [2.75, 3.05) is 18.4 Å². The van der Waals surface area contributed by atoms with Gasteiger partial charge >= 0.3 is 0 Å². The van der Waals surface area contributed by atoms with Crippen LogP contribution in [0.25, 0.3) is 0 Å². The Labute approximate surface area is 149 Å². The Bertz CT molecular complexity index is 824. The lowest BCUT2D eigenvalue weighted by molar-refractivity contribution is 0.0995. The first-order valence-corrected chi connectivity index (χ1v) is 9.87. The van der Waals surface area contributed by atoms with E-state index in [0.29, 0.717) is 23.4 Å². The highest BCUT2D eigenvalue weighted by molar-refractivity contribution is 9.10. The second-order valence-electron chi connectivity index (χ2n) is 5.55. The second-order valence-corrected chi connectivity index (χ2v) is 8.27. The van der Waals surface area contributed by atoms with E-state index in [-0.39, 0.29) is 10.7 Å². The third kappa shape index (κ3) is 3.71. The van der Waals surface area contributed by atoms with Gasteiger partial charge in [-0.1, -0.05) is 6.42 Å². The van der Waals surface area contributed by atoms with E-state index in [2.05, 4.69) is 21.2 Å². The Morgan fingerprint density at radius 2 is 1.71 bits per heavy atom. The van der Waals surface area contributed by atoms with Crippen molar-refractivity contribution in [3.05, 3.63) is 46.8 Å². The number of hydrogen-bond acceptors (Lipinski definition) is 4. The molecule has 2 aromatic rings. The van der Waals surface area contributed by atoms with Crippen molar-refractivity contribution in [1.82, 2.24) is 4.31 Å². The molecule has 0 spiro atoms. The maximum absolute atomic E-state index is 12.6. The Morgan fingerprint density at radius 1 is 1.04 bits per heavy atom. The molecule has 1 aromatic heterocycles. The molecule has 1 aliphatic heterocycles. The Morgan fingerprint density at radius 3 is 2.29 bits per heavy atom. The zero-order chi connectivity index (χ0) is 17.2. The van der Waals surface area contributed by atoms with E-state index in [0.717, 1.165) is 19.3 Å². The highest BCUT2D eigenvalue weighted by Gasteiger charge is 2.25. The average molecular weight is 413 g/mol. The van der Waals surface area contributed by atoms with Gasteiger partial charge in [-0.15, -0.1) is 0 Å². The van der Waals surface area contributed by atoms with Crippen LogP contribution in [0.4, 0.5) is 5.69 Å². The van der Waals surface area contributed by atoms with Crippen LogP contribution in [0, 0.1) is 0 Å². The molecular formula is C16H17BrN2O4S. The van der Waals surface area contributed by atoms with E-state index >= 15 is 0 Å². The lowest BCUT2D eigenvalue weighted by Gasteiger charge is -2.25. The molecule has 1 amide bonds. The molecule has 1 aromatic carbocycles. The van der Waals surface area contributed by atoms with Gasteiger partial charge in [-0.05, 0) is 65.2 Å². The highest BCUT2D eigenvalue weighted by Crippen LogP contribution is 2.22. The first-order chi connectivity index (χ1) is 11.5. The summed E-state index contributed by atoms with van der Waals surface area (Å²) < 4.78 is 32.3. The van der Waals surface area contributed by atoms with Crippen LogP contribution in [0.1, 0.15) is 29.8 Å². The summed E-state index contributed by atoms with van der Waals surface area (Å²) in [6, 6.07) is 9.35. The number of piperidine rings is 1. The van der Waals surface area contributed by atoms with Gasteiger partial charge in [-0.3, -0.25) is 4.79 Å². The molecule has 0 bridgehead atoms. The first kappa shape index (κ1) is 17.2. The summed E-state index contributed by atoms with van der Waals surface area (Å²) in [6.07, 6.45) is 2.86. The van der Waals surface area contributed by atoms with Gasteiger partial charge in [-0.2, -0.15) is 4.31 Å². The third-order valence-corrected chi connectivity index (χ3v) is 6.20. The lowest BCUT2D eigenvalue weighted by atomic mass is 10.2. The average Bonchev–Trinajstić information content (AvgIpc) is 3.03. The number of benzene rings is 1. The number of carbonyl (C=O) groups is 1. The number of furan rings is 1. The van der Waals surface area contributed by atoms with Gasteiger partial charge in [0.05, 0.1) is 4.90 Å². The summed E-state index contributed by atoms with van der Waals surface area (Å²) >= 11 is 3.14. The number of hydrogen-bond donors (Lipinski definition) is 1. The topological polar surface area (TPSA) is 79.6 Å². The van der Waals surface area contributed by atoms with Gasteiger partial charge in [0.1, 0.15) is 0 Å². The number of carbonyl (C=O) groups excluding carboxylic acids is 1. The summed E-state index contributed by atoms with van der Waals surface area (Å²) in [6.45, 7) is 1.13. The number of anilines is 1. The molecule has 128 valence electrons. The summed E-state index contributed by atoms with van der Waals surface area (Å²) in [5.74, 6) is -0.223. The van der Waals surface area contributed by atoms with Crippen LogP contribution < -0.4 is 5.32 Å². The Hall–Kier alpha value is -1.64. The van der Waals surface area contributed by atoms with Crippen molar-refractivity contribution in [2.24, 2.45) is 0 Å². The zero-order valence-electron chi connectivity index (χ0n) is 12.9. The van der Waals surface area contributed by atoms with Gasteiger partial charge in [0.25, 0.3) is 5.91 Å². The maximum Gasteiger partial charge on any atom is 0.291 e. The molecule has 3 rings (SSSR count). The molecule has 2 heterocycles. The normalized spacial score (nSPS) is 16.0. The molecule has 1 fully saturated rings. The second kappa shape index (κ2) is 7.08. The maximum atomic E-state index is 12.6. The molecule has 1 saturated heterocycles. The fourth-order valence-electron chi connectivity index (χ4n) is 2.59. The molecular weight excluding hydrogens is 396 g/mol. The quantitative estimate of drug-likeness (QED) is 0.833. The summed E-state index contributed by atoms with van der Waals surface area (Å²) in [5.41, 5.74) is 0.505. The monoisotopic (exact) mass is 412 g/mol. The van der Waals surface area contributed by atoms with Crippen LogP contribution in [-0.4, -0.2) is 31.7 Å². The predicted molar refractivity (Wildman–Crippen MR) is 93.4 cm³/mol. The van der Waals surface area contributed by atoms with Crippen LogP contribution in [0.5, 0.6) is 0 Å². The van der Waals surface area contributed by atoms with Crippen molar-refractivity contribution < 1.29 is 17.6 Å². The molecule has 0 unspecified atom stereocenters. The van der Waals surface area contributed by atoms with Gasteiger partial charge in [-0.25, -0.2) is 8.42 Å². The van der Waals surface area contributed by atoms with Gasteiger partial charge in [0, 0.05) is 18.8 Å². The smallest absolute Gasteiger partial charge is 0.291 e. The summed E-state index contributed by atoms with van der Waals surface area (Å²) in [5, 5.41) is 2.67. The summed E-state index contributed by atoms with van der Waals surface area (Å²) in [7, 11) is -3.46. The van der Waals surface area contributed by atoms with Crippen LogP contribution in [0.2, 0.25) is 0 Å². The summed E-state index contributed by atoms with van der Waals surface area (Å²) in [4.78, 5) is 12.2. The molecule has 6 nitrogen and oxygen atoms in total. The van der Waals surface area contributed by atoms with E-state index in [1.807, 2.05) is 0 Å². The first-order valence-electron chi connectivity index (χ1n) is 7.64. The fraction of sp³-hybridized carbons (Fsp3) is 0.312. The van der Waals surface area contributed by atoms with Crippen molar-refractivity contribution in [3.8, 4) is 0 Å². The van der Waals surface area contributed by atoms with E-state index in [1.165, 1.54) is 16.4 Å². The highest BCUT2D eigenvalue weighted by atomic mass is 79.9. The number of amides is 1. The lowest BCUT2D eigenvalue weighted by Crippen LogP contribution is -2.35. The molecule has 0 saturated carbocycles. The van der Waals surface area contributed by atoms with E-state index < -0.39 is 15.9 Å². The number of nitrogens with one attached hydrogen (secondary N) is 1. The number of halogens is 1. The van der Waals surface area contributed by atoms with E-state index in [4.69, 9.17) is 4.42 Å². The molecule has 0 aliphatic carbocycles. The van der Waals surface area contributed by atoms with Crippen molar-refractivity contribution in [3.63, 3.8) is 0 Å². The van der Waals surface area contributed by atoms with Crippen LogP contribution >= 0.6 is 15.9 Å². The van der Waals surface area contributed by atoms with E-state index in [1.54, 1.807) is 24.3 Å². The molecule has 0 radical (unpaired) electrons. The van der Waals surface area contributed by atoms with Crippen molar-refractivity contribution in [2.45, 2.75) is 24.2 Å². The minimum Gasteiger partial charge on any atom is -0.444 e. The third-order valence-electron chi connectivity index (χ3n) is 3.86. The Kier molecular flexibility index (Phi) is 5.07. The van der Waals surface area contributed by atoms with Crippen molar-refractivity contribution in [1.29, 1.82) is 0 Å². The standard InChI is InChI=1S/C16H17BrN2O4S/c17-15-9-8-14(23-15)16(20)18-12-4-6-13(7-5-12)24(21,22)19-10-2-1-3-11-19/h4-9H,1-3,10-11H2,(H,18,20). The minimum absolute atomic E-state index is 0.173. The van der Waals surface area contributed by atoms with Gasteiger partial charge in [0.2, 0.25) is 10.0 Å². The van der Waals surface area contributed by atoms with E-state index in [9.17, 15) is 13.2 Å². The van der Waals surface area contributed by atoms with Crippen molar-refractivity contribution >= 4 is 37.5 Å². The van der Waals surface area contributed by atoms with Crippen LogP contribution in [0.3, 0.4) is 0 Å². The van der Waals surface area contributed by atoms with Gasteiger partial charge < -0.3 is 9.73 Å². The number of nitrogens with zero attached hydrogens (tertiary/aromatic N) is 1. The number of rotatable bonds is 4. The van der Waals surface area contributed by atoms with Crippen LogP contribution in [-0.2, 0) is 10.0 Å². The molecule has 1 N–H and O–H groups in total. The molecule has 24 heavy (non-hydrogen) atoms. The minimum atomic E-state index is -3.46. The largest absolute Gasteiger partial charge is 0.444 e. The predicted octanol–water partition coefficient (Wildman–Crippen LogP) is 3.47. The molecule has 0 atom stereocenters. The molecule has 8 heteroatoms. The Balaban J connectivity index is 1.72. The van der Waals surface area contributed by atoms with Crippen LogP contribution in [0.15, 0.2) is 50.4 Å². The number of sulfonamides is 1. The zero-order valence-corrected chi connectivity index (χ0v) is 15.3. The molecule has 1 aliphatic rings. The fourth-order valence-corrected chi connectivity index (χ4v) is 4.42. The van der Waals surface area contributed by atoms with Gasteiger partial charge in [0.15, 0.2) is 10.4 Å².